The summed E-state index contributed by atoms with van der Waals surface area (Å²) in [4.78, 5) is 45.3. The van der Waals surface area contributed by atoms with Crippen molar-refractivity contribution in [1.29, 1.82) is 0 Å². The largest absolute Gasteiger partial charge is 0.354 e. The molecule has 4 fully saturated rings. The molecule has 2 aromatic carbocycles. The van der Waals surface area contributed by atoms with E-state index in [1.165, 1.54) is 11.6 Å². The minimum atomic E-state index is -0.577. The molecule has 4 saturated heterocycles. The average molecular weight is 747 g/mol. The zero-order valence-electron chi connectivity index (χ0n) is 30.7. The second-order valence-electron chi connectivity index (χ2n) is 15.0. The van der Waals surface area contributed by atoms with E-state index < -0.39 is 11.6 Å². The molecule has 0 radical (unpaired) electrons. The van der Waals surface area contributed by atoms with Crippen molar-refractivity contribution >= 4 is 34.9 Å². The van der Waals surface area contributed by atoms with Crippen LogP contribution < -0.4 is 20.0 Å². The van der Waals surface area contributed by atoms with Crippen molar-refractivity contribution in [3.63, 3.8) is 0 Å². The number of urea groups is 1. The Morgan fingerprint density at radius 3 is 2.45 bits per heavy atom. The van der Waals surface area contributed by atoms with Gasteiger partial charge in [0.1, 0.15) is 23.3 Å². The van der Waals surface area contributed by atoms with Crippen molar-refractivity contribution in [1.82, 2.24) is 34.7 Å². The van der Waals surface area contributed by atoms with Gasteiger partial charge in [-0.15, -0.1) is 0 Å². The Hall–Kier alpha value is -5.47. The van der Waals surface area contributed by atoms with Crippen molar-refractivity contribution in [2.45, 2.75) is 50.7 Å². The number of carbonyl (C=O) groups is 2. The van der Waals surface area contributed by atoms with Crippen LogP contribution in [0.5, 0.6) is 0 Å². The van der Waals surface area contributed by atoms with Gasteiger partial charge in [0, 0.05) is 81.8 Å². The van der Waals surface area contributed by atoms with E-state index in [9.17, 15) is 18.4 Å². The molecule has 4 aliphatic heterocycles. The highest BCUT2D eigenvalue weighted by Gasteiger charge is 2.31. The zero-order chi connectivity index (χ0) is 37.5. The van der Waals surface area contributed by atoms with Crippen molar-refractivity contribution in [3.8, 4) is 11.3 Å². The van der Waals surface area contributed by atoms with Crippen molar-refractivity contribution in [2.75, 3.05) is 67.1 Å². The molecule has 3 amide bonds. The summed E-state index contributed by atoms with van der Waals surface area (Å²) in [5.74, 6) is 0.337. The van der Waals surface area contributed by atoms with Crippen LogP contribution in [0, 0.1) is 11.6 Å². The molecular formula is C41H44F2N10O2. The first-order valence-corrected chi connectivity index (χ1v) is 19.3. The minimum absolute atomic E-state index is 0.218. The number of halogens is 2. The normalized spacial score (nSPS) is 20.5. The van der Waals surface area contributed by atoms with Crippen molar-refractivity contribution in [2.24, 2.45) is 0 Å². The van der Waals surface area contributed by atoms with E-state index in [1.54, 1.807) is 21.7 Å². The van der Waals surface area contributed by atoms with Crippen LogP contribution in [0.2, 0.25) is 0 Å². The summed E-state index contributed by atoms with van der Waals surface area (Å²) >= 11 is 0. The number of pyridine rings is 1. The van der Waals surface area contributed by atoms with Crippen LogP contribution in [0.4, 0.5) is 30.9 Å². The molecule has 1 N–H and O–H groups in total. The molecule has 4 aliphatic rings. The van der Waals surface area contributed by atoms with Gasteiger partial charge < -0.3 is 9.80 Å². The number of likely N-dealkylation sites (tertiary alicyclic amines) is 1. The average Bonchev–Trinajstić information content (AvgIpc) is 3.86. The van der Waals surface area contributed by atoms with E-state index in [0.717, 1.165) is 113 Å². The van der Waals surface area contributed by atoms with Crippen LogP contribution >= 0.6 is 0 Å². The third kappa shape index (κ3) is 7.23. The van der Waals surface area contributed by atoms with Gasteiger partial charge in [-0.1, -0.05) is 24.3 Å². The first-order chi connectivity index (χ1) is 26.9. The summed E-state index contributed by atoms with van der Waals surface area (Å²) in [6.45, 7) is 7.76. The number of piperazine rings is 1. The fourth-order valence-corrected chi connectivity index (χ4v) is 8.74. The Kier molecular flexibility index (Phi) is 9.60. The molecule has 55 heavy (non-hydrogen) atoms. The number of imide groups is 1. The number of aromatic nitrogens is 4. The number of piperidine rings is 1. The Balaban J connectivity index is 0.814. The standard InChI is InChI=1S/C41H44F2N10O2/c42-29-9-10-32(34(43)25-29)36-7-3-15-52(36)38-13-19-53-40(46-38)33(26-44-53)35-6-2-8-37(45-35)50-22-20-49(21-23-50)30-11-16-48(17-12-30)27-28-4-1-5-31(24-28)51-18-14-39(54)47-41(51)55/h1-2,4-6,8-10,13,19,24-26,30,36H,3,7,11-12,14-18,20-23,27H2,(H,47,54,55)/t36-/m1/s1. The van der Waals surface area contributed by atoms with Crippen LogP contribution in [0.25, 0.3) is 16.9 Å². The first-order valence-electron chi connectivity index (χ1n) is 19.3. The predicted octanol–water partition coefficient (Wildman–Crippen LogP) is 5.64. The van der Waals surface area contributed by atoms with Gasteiger partial charge in [-0.05, 0) is 80.7 Å². The summed E-state index contributed by atoms with van der Waals surface area (Å²) in [7, 11) is 0. The summed E-state index contributed by atoms with van der Waals surface area (Å²) in [5.41, 5.74) is 4.80. The fraction of sp³-hybridized carbons (Fsp3) is 0.390. The minimum Gasteiger partial charge on any atom is -0.354 e. The van der Waals surface area contributed by atoms with Gasteiger partial charge in [-0.25, -0.2) is 28.1 Å². The maximum absolute atomic E-state index is 14.8. The van der Waals surface area contributed by atoms with Gasteiger partial charge in [0.25, 0.3) is 0 Å². The van der Waals surface area contributed by atoms with E-state index in [1.807, 2.05) is 36.5 Å². The number of benzene rings is 2. The van der Waals surface area contributed by atoms with E-state index in [-0.39, 0.29) is 18.0 Å². The zero-order valence-corrected chi connectivity index (χ0v) is 30.7. The molecule has 284 valence electrons. The third-order valence-electron chi connectivity index (χ3n) is 11.6. The Morgan fingerprint density at radius 1 is 0.800 bits per heavy atom. The SMILES string of the molecule is O=C1CCN(c2cccc(CN3CCC(N4CCN(c5cccc(-c6cnn7ccc(N8CCC[C@@H]8c8ccc(F)cc8F)nc67)n5)CC4)CC3)c2)C(=O)N1. The second kappa shape index (κ2) is 15.0. The van der Waals surface area contributed by atoms with Crippen molar-refractivity contribution in [3.05, 3.63) is 102 Å². The molecule has 1 atom stereocenters. The Labute approximate surface area is 318 Å². The van der Waals surface area contributed by atoms with Gasteiger partial charge in [-0.2, -0.15) is 5.10 Å². The van der Waals surface area contributed by atoms with Gasteiger partial charge >= 0.3 is 6.03 Å². The molecule has 0 bridgehead atoms. The van der Waals surface area contributed by atoms with E-state index >= 15 is 0 Å². The van der Waals surface area contributed by atoms with E-state index in [4.69, 9.17) is 9.97 Å². The predicted molar refractivity (Wildman–Crippen MR) is 206 cm³/mol. The lowest BCUT2D eigenvalue weighted by atomic mass is 10.0. The maximum Gasteiger partial charge on any atom is 0.328 e. The molecule has 0 aliphatic carbocycles. The summed E-state index contributed by atoms with van der Waals surface area (Å²) in [5, 5.41) is 6.98. The number of amides is 3. The van der Waals surface area contributed by atoms with Crippen LogP contribution in [0.3, 0.4) is 0 Å². The summed E-state index contributed by atoms with van der Waals surface area (Å²) in [6.07, 6.45) is 7.88. The highest BCUT2D eigenvalue weighted by atomic mass is 19.1. The quantitative estimate of drug-likeness (QED) is 0.216. The summed E-state index contributed by atoms with van der Waals surface area (Å²) in [6, 6.07) is 19.9. The van der Waals surface area contributed by atoms with E-state index in [0.29, 0.717) is 30.2 Å². The molecule has 3 aromatic heterocycles. The Morgan fingerprint density at radius 2 is 1.64 bits per heavy atom. The molecule has 0 spiro atoms. The molecule has 14 heteroatoms. The Bertz CT molecular complexity index is 2210. The summed E-state index contributed by atoms with van der Waals surface area (Å²) < 4.78 is 30.2. The van der Waals surface area contributed by atoms with Gasteiger partial charge in [0.05, 0.1) is 23.5 Å². The number of anilines is 3. The van der Waals surface area contributed by atoms with Crippen LogP contribution in [0.1, 0.15) is 49.3 Å². The number of hydrogen-bond acceptors (Lipinski definition) is 9. The highest BCUT2D eigenvalue weighted by Crippen LogP contribution is 2.37. The van der Waals surface area contributed by atoms with E-state index in [2.05, 4.69) is 48.2 Å². The monoisotopic (exact) mass is 746 g/mol. The molecule has 0 saturated carbocycles. The molecular weight excluding hydrogens is 703 g/mol. The second-order valence-corrected chi connectivity index (χ2v) is 15.0. The number of hydrogen-bond donors (Lipinski definition) is 1. The maximum atomic E-state index is 14.8. The molecule has 9 rings (SSSR count). The highest BCUT2D eigenvalue weighted by molar-refractivity contribution is 6.05. The lowest BCUT2D eigenvalue weighted by Crippen LogP contribution is -2.53. The lowest BCUT2D eigenvalue weighted by Gasteiger charge is -2.43. The molecule has 0 unspecified atom stereocenters. The van der Waals surface area contributed by atoms with Gasteiger partial charge in [-0.3, -0.25) is 24.8 Å². The number of nitrogens with zero attached hydrogens (tertiary/aromatic N) is 9. The van der Waals surface area contributed by atoms with Gasteiger partial charge in [0.15, 0.2) is 5.65 Å². The van der Waals surface area contributed by atoms with Gasteiger partial charge in [0.2, 0.25) is 5.91 Å². The van der Waals surface area contributed by atoms with Crippen LogP contribution in [0.15, 0.2) is 79.1 Å². The lowest BCUT2D eigenvalue weighted by molar-refractivity contribution is -0.120. The number of rotatable bonds is 8. The van der Waals surface area contributed by atoms with Crippen LogP contribution in [-0.2, 0) is 11.3 Å². The van der Waals surface area contributed by atoms with Crippen molar-refractivity contribution < 1.29 is 18.4 Å². The fourth-order valence-electron chi connectivity index (χ4n) is 8.74. The topological polar surface area (TPSA) is 105 Å². The number of carbonyl (C=O) groups excluding carboxylic acids is 2. The third-order valence-corrected chi connectivity index (χ3v) is 11.6. The molecule has 7 heterocycles. The van der Waals surface area contributed by atoms with Crippen LogP contribution in [-0.4, -0.2) is 99.7 Å². The smallest absolute Gasteiger partial charge is 0.328 e. The number of fused-ring (bicyclic) bond motifs is 1. The number of nitrogens with one attached hydrogen (secondary N) is 1. The first kappa shape index (κ1) is 35.2. The molecule has 12 nitrogen and oxygen atoms in total. The molecule has 5 aromatic rings.